The number of pyridine rings is 1. The summed E-state index contributed by atoms with van der Waals surface area (Å²) in [6.45, 7) is 6.48. The number of hydrogen-bond donors (Lipinski definition) is 2. The van der Waals surface area contributed by atoms with Crippen LogP contribution in [0.25, 0.3) is 11.1 Å². The van der Waals surface area contributed by atoms with Gasteiger partial charge in [0, 0.05) is 59.1 Å². The average Bonchev–Trinajstić information content (AvgIpc) is 2.86. The van der Waals surface area contributed by atoms with Crippen molar-refractivity contribution in [3.05, 3.63) is 75.9 Å². The van der Waals surface area contributed by atoms with Gasteiger partial charge in [-0.1, -0.05) is 41.4 Å². The Morgan fingerprint density at radius 2 is 1.86 bits per heavy atom. The molecular weight excluding hydrogens is 487 g/mol. The van der Waals surface area contributed by atoms with Gasteiger partial charge >= 0.3 is 0 Å². The highest BCUT2D eigenvalue weighted by Gasteiger charge is 2.18. The van der Waals surface area contributed by atoms with Crippen molar-refractivity contribution in [1.29, 1.82) is 0 Å². The Kier molecular flexibility index (Phi) is 8.46. The van der Waals surface area contributed by atoms with Gasteiger partial charge in [0.25, 0.3) is 5.91 Å². The molecule has 0 saturated carbocycles. The van der Waals surface area contributed by atoms with E-state index in [4.69, 9.17) is 38.4 Å². The van der Waals surface area contributed by atoms with Gasteiger partial charge in [0.1, 0.15) is 6.10 Å². The molecule has 0 bridgehead atoms. The number of amides is 1. The molecule has 0 aliphatic carbocycles. The van der Waals surface area contributed by atoms with Crippen molar-refractivity contribution < 1.29 is 14.3 Å². The third-order valence-corrected chi connectivity index (χ3v) is 6.53. The van der Waals surface area contributed by atoms with E-state index in [0.717, 1.165) is 44.0 Å². The monoisotopic (exact) mass is 514 g/mol. The quantitative estimate of drug-likeness (QED) is 0.447. The summed E-state index contributed by atoms with van der Waals surface area (Å²) in [5.41, 5.74) is 8.93. The normalized spacial score (nSPS) is 14.9. The third-order valence-electron chi connectivity index (χ3n) is 5.87. The van der Waals surface area contributed by atoms with Gasteiger partial charge in [0.2, 0.25) is 0 Å². The Hall–Kier alpha value is -2.84. The number of nitrogens with zero attached hydrogens (tertiary/aromatic N) is 2. The average molecular weight is 515 g/mol. The third kappa shape index (κ3) is 6.44. The number of benzene rings is 2. The molecule has 1 unspecified atom stereocenters. The molecule has 4 rings (SSSR count). The number of carbonyl (C=O) groups is 1. The summed E-state index contributed by atoms with van der Waals surface area (Å²) in [5.74, 6) is 0.536. The standard InChI is InChI=1S/C26H28Cl2N4O3/c1-17(24-21(27)6-3-7-22(24)28)35-23-15-20(16-31-25(23)29)18-4-2-5-19(14-18)26(33)30-8-9-32-10-12-34-13-11-32/h2-7,14-17H,8-13H2,1H3,(H2,29,31)(H,30,33). The van der Waals surface area contributed by atoms with Gasteiger partial charge in [0.05, 0.1) is 13.2 Å². The van der Waals surface area contributed by atoms with Gasteiger partial charge in [-0.25, -0.2) is 4.98 Å². The van der Waals surface area contributed by atoms with Crippen molar-refractivity contribution in [2.75, 3.05) is 45.1 Å². The molecule has 9 heteroatoms. The lowest BCUT2D eigenvalue weighted by atomic mass is 10.0. The van der Waals surface area contributed by atoms with Gasteiger partial charge < -0.3 is 20.5 Å². The molecule has 3 N–H and O–H groups in total. The van der Waals surface area contributed by atoms with Crippen LogP contribution in [0, 0.1) is 0 Å². The minimum atomic E-state index is -0.445. The van der Waals surface area contributed by atoms with Crippen LogP contribution in [0.3, 0.4) is 0 Å². The fraction of sp³-hybridized carbons (Fsp3) is 0.308. The number of halogens is 2. The van der Waals surface area contributed by atoms with Crippen LogP contribution >= 0.6 is 23.2 Å². The molecule has 2 heterocycles. The van der Waals surface area contributed by atoms with E-state index in [9.17, 15) is 4.79 Å². The second-order valence-corrected chi connectivity index (χ2v) is 9.11. The van der Waals surface area contributed by atoms with E-state index in [2.05, 4.69) is 15.2 Å². The predicted molar refractivity (Wildman–Crippen MR) is 139 cm³/mol. The van der Waals surface area contributed by atoms with Crippen molar-refractivity contribution in [3.63, 3.8) is 0 Å². The van der Waals surface area contributed by atoms with E-state index in [1.54, 1.807) is 36.5 Å². The van der Waals surface area contributed by atoms with Crippen LogP contribution in [0.5, 0.6) is 5.75 Å². The first kappa shape index (κ1) is 25.3. The Balaban J connectivity index is 1.46. The molecule has 1 amide bonds. The number of morpholine rings is 1. The first-order valence-corrected chi connectivity index (χ1v) is 12.2. The van der Waals surface area contributed by atoms with E-state index in [1.807, 2.05) is 25.1 Å². The minimum Gasteiger partial charge on any atom is -0.482 e. The van der Waals surface area contributed by atoms with Gasteiger partial charge in [-0.3, -0.25) is 9.69 Å². The fourth-order valence-electron chi connectivity index (χ4n) is 3.95. The Labute approximate surface area is 215 Å². The summed E-state index contributed by atoms with van der Waals surface area (Å²) in [6.07, 6.45) is 1.21. The second kappa shape index (κ2) is 11.7. The summed E-state index contributed by atoms with van der Waals surface area (Å²) >= 11 is 12.7. The van der Waals surface area contributed by atoms with Crippen molar-refractivity contribution >= 4 is 34.9 Å². The largest absolute Gasteiger partial charge is 0.482 e. The number of anilines is 1. The lowest BCUT2D eigenvalue weighted by Crippen LogP contribution is -2.41. The molecule has 1 saturated heterocycles. The summed E-state index contributed by atoms with van der Waals surface area (Å²) in [5, 5.41) is 4.02. The molecule has 3 aromatic rings. The summed E-state index contributed by atoms with van der Waals surface area (Å²) in [6, 6.07) is 14.5. The van der Waals surface area contributed by atoms with Crippen LogP contribution in [0.2, 0.25) is 10.0 Å². The number of rotatable bonds is 8. The van der Waals surface area contributed by atoms with Crippen LogP contribution in [-0.4, -0.2) is 55.2 Å². The lowest BCUT2D eigenvalue weighted by Gasteiger charge is -2.26. The number of aromatic nitrogens is 1. The molecule has 1 aromatic heterocycles. The highest BCUT2D eigenvalue weighted by Crippen LogP contribution is 2.35. The zero-order chi connectivity index (χ0) is 24.8. The molecule has 7 nitrogen and oxygen atoms in total. The topological polar surface area (TPSA) is 89.7 Å². The zero-order valence-corrected chi connectivity index (χ0v) is 21.0. The van der Waals surface area contributed by atoms with Crippen LogP contribution in [0.4, 0.5) is 5.82 Å². The van der Waals surface area contributed by atoms with Crippen LogP contribution in [0.1, 0.15) is 28.9 Å². The summed E-state index contributed by atoms with van der Waals surface area (Å²) < 4.78 is 11.5. The van der Waals surface area contributed by atoms with E-state index in [0.29, 0.717) is 33.5 Å². The van der Waals surface area contributed by atoms with Crippen molar-refractivity contribution in [2.24, 2.45) is 0 Å². The maximum atomic E-state index is 12.7. The molecule has 1 fully saturated rings. The van der Waals surface area contributed by atoms with Crippen LogP contribution in [0.15, 0.2) is 54.7 Å². The lowest BCUT2D eigenvalue weighted by molar-refractivity contribution is 0.0383. The summed E-state index contributed by atoms with van der Waals surface area (Å²) in [4.78, 5) is 19.3. The highest BCUT2D eigenvalue weighted by molar-refractivity contribution is 6.36. The second-order valence-electron chi connectivity index (χ2n) is 8.29. The van der Waals surface area contributed by atoms with Crippen LogP contribution in [-0.2, 0) is 4.74 Å². The number of hydrogen-bond acceptors (Lipinski definition) is 6. The predicted octanol–water partition coefficient (Wildman–Crippen LogP) is 4.84. The summed E-state index contributed by atoms with van der Waals surface area (Å²) in [7, 11) is 0. The molecule has 184 valence electrons. The van der Waals surface area contributed by atoms with Crippen molar-refractivity contribution in [2.45, 2.75) is 13.0 Å². The smallest absolute Gasteiger partial charge is 0.251 e. The highest BCUT2D eigenvalue weighted by atomic mass is 35.5. The Bertz CT molecular complexity index is 1160. The molecular formula is C26H28Cl2N4O3. The van der Waals surface area contributed by atoms with Crippen LogP contribution < -0.4 is 15.8 Å². The molecule has 0 radical (unpaired) electrons. The van der Waals surface area contributed by atoms with Gasteiger partial charge in [0.15, 0.2) is 11.6 Å². The zero-order valence-electron chi connectivity index (χ0n) is 19.5. The molecule has 1 aliphatic rings. The molecule has 35 heavy (non-hydrogen) atoms. The number of nitrogen functional groups attached to an aromatic ring is 1. The van der Waals surface area contributed by atoms with E-state index >= 15 is 0 Å². The molecule has 0 spiro atoms. The SMILES string of the molecule is CC(Oc1cc(-c2cccc(C(=O)NCCN3CCOCC3)c2)cnc1N)c1c(Cl)cccc1Cl. The van der Waals surface area contributed by atoms with E-state index in [1.165, 1.54) is 0 Å². The maximum Gasteiger partial charge on any atom is 0.251 e. The minimum absolute atomic E-state index is 0.123. The first-order chi connectivity index (χ1) is 16.9. The fourth-order valence-corrected chi connectivity index (χ4v) is 4.65. The van der Waals surface area contributed by atoms with Gasteiger partial charge in [-0.05, 0) is 42.8 Å². The van der Waals surface area contributed by atoms with Crippen molar-refractivity contribution in [1.82, 2.24) is 15.2 Å². The first-order valence-electron chi connectivity index (χ1n) is 11.5. The van der Waals surface area contributed by atoms with Crippen molar-refractivity contribution in [3.8, 4) is 16.9 Å². The Morgan fingerprint density at radius 3 is 2.60 bits per heavy atom. The van der Waals surface area contributed by atoms with E-state index in [-0.39, 0.29) is 11.7 Å². The molecule has 2 aromatic carbocycles. The number of nitrogens with two attached hydrogens (primary N) is 1. The molecule has 1 aliphatic heterocycles. The van der Waals surface area contributed by atoms with Gasteiger partial charge in [-0.2, -0.15) is 0 Å². The number of nitrogens with one attached hydrogen (secondary N) is 1. The Morgan fingerprint density at radius 1 is 1.14 bits per heavy atom. The number of carbonyl (C=O) groups excluding carboxylic acids is 1. The van der Waals surface area contributed by atoms with Gasteiger partial charge in [-0.15, -0.1) is 0 Å². The number of ether oxygens (including phenoxy) is 2. The van der Waals surface area contributed by atoms with E-state index < -0.39 is 6.10 Å². The maximum absolute atomic E-state index is 12.7. The molecule has 1 atom stereocenters.